The van der Waals surface area contributed by atoms with Crippen molar-refractivity contribution in [3.05, 3.63) is 83.3 Å². The average Bonchev–Trinajstić information content (AvgIpc) is 2.85. The van der Waals surface area contributed by atoms with Crippen molar-refractivity contribution in [3.8, 4) is 23.0 Å². The van der Waals surface area contributed by atoms with Crippen LogP contribution in [0.3, 0.4) is 0 Å². The zero-order valence-corrected chi connectivity index (χ0v) is 20.0. The number of pyridine rings is 1. The van der Waals surface area contributed by atoms with Crippen molar-refractivity contribution in [1.82, 2.24) is 10.3 Å². The molecule has 9 heteroatoms. The predicted octanol–water partition coefficient (Wildman–Crippen LogP) is 6.72. The van der Waals surface area contributed by atoms with Crippen LogP contribution in [0.25, 0.3) is 10.9 Å². The summed E-state index contributed by atoms with van der Waals surface area (Å²) in [5.74, 6) is 1.71. The lowest BCUT2D eigenvalue weighted by Gasteiger charge is -2.16. The fourth-order valence-electron chi connectivity index (χ4n) is 3.51. The molecule has 0 bridgehead atoms. The van der Waals surface area contributed by atoms with E-state index >= 15 is 0 Å². The Morgan fingerprint density at radius 2 is 1.66 bits per heavy atom. The monoisotopic (exact) mass is 495 g/mol. The highest BCUT2D eigenvalue weighted by molar-refractivity contribution is 6.32. The summed E-state index contributed by atoms with van der Waals surface area (Å²) >= 11 is 6.44. The van der Waals surface area contributed by atoms with Crippen molar-refractivity contribution in [2.75, 3.05) is 19.5 Å². The van der Waals surface area contributed by atoms with E-state index in [1.165, 1.54) is 12.1 Å². The van der Waals surface area contributed by atoms with Crippen LogP contribution < -0.4 is 24.8 Å². The van der Waals surface area contributed by atoms with E-state index in [9.17, 15) is 9.18 Å². The van der Waals surface area contributed by atoms with E-state index in [0.717, 1.165) is 10.9 Å². The minimum atomic E-state index is -0.423. The number of ether oxygens (including phenoxy) is 3. The smallest absolute Gasteiger partial charge is 0.319 e. The Morgan fingerprint density at radius 3 is 2.34 bits per heavy atom. The number of amides is 2. The Morgan fingerprint density at radius 1 is 0.943 bits per heavy atom. The van der Waals surface area contributed by atoms with Crippen LogP contribution in [0.4, 0.5) is 14.9 Å². The van der Waals surface area contributed by atoms with Gasteiger partial charge < -0.3 is 24.8 Å². The molecule has 7 nitrogen and oxygen atoms in total. The van der Waals surface area contributed by atoms with Crippen molar-refractivity contribution in [2.24, 2.45) is 0 Å². The SMILES string of the molecule is COc1cc2nccc(Oc3ccc(NC(=O)NC(C)c4ccc(F)cc4)cc3Cl)c2cc1OC. The molecule has 0 aliphatic carbocycles. The normalized spacial score (nSPS) is 11.6. The van der Waals surface area contributed by atoms with Crippen molar-refractivity contribution < 1.29 is 23.4 Å². The predicted molar refractivity (Wildman–Crippen MR) is 133 cm³/mol. The largest absolute Gasteiger partial charge is 0.493 e. The first-order chi connectivity index (χ1) is 16.9. The summed E-state index contributed by atoms with van der Waals surface area (Å²) in [6, 6.07) is 15.4. The number of carbonyl (C=O) groups is 1. The van der Waals surface area contributed by atoms with Crippen LogP contribution in [0.5, 0.6) is 23.0 Å². The van der Waals surface area contributed by atoms with Gasteiger partial charge in [-0.15, -0.1) is 0 Å². The van der Waals surface area contributed by atoms with Crippen LogP contribution in [-0.2, 0) is 0 Å². The van der Waals surface area contributed by atoms with Gasteiger partial charge in [0, 0.05) is 23.3 Å². The summed E-state index contributed by atoms with van der Waals surface area (Å²) < 4.78 is 29.9. The van der Waals surface area contributed by atoms with E-state index in [1.54, 1.807) is 75.9 Å². The Kier molecular flexibility index (Phi) is 7.22. The van der Waals surface area contributed by atoms with E-state index in [2.05, 4.69) is 15.6 Å². The van der Waals surface area contributed by atoms with Crippen LogP contribution >= 0.6 is 11.6 Å². The lowest BCUT2D eigenvalue weighted by Crippen LogP contribution is -2.31. The number of nitrogens with one attached hydrogen (secondary N) is 2. The number of fused-ring (bicyclic) bond motifs is 1. The van der Waals surface area contributed by atoms with Gasteiger partial charge in [-0.25, -0.2) is 9.18 Å². The van der Waals surface area contributed by atoms with Gasteiger partial charge in [0.15, 0.2) is 11.5 Å². The minimum Gasteiger partial charge on any atom is -0.493 e. The Bertz CT molecular complexity index is 1370. The van der Waals surface area contributed by atoms with Crippen LogP contribution in [0.2, 0.25) is 5.02 Å². The maximum absolute atomic E-state index is 13.1. The van der Waals surface area contributed by atoms with Crippen LogP contribution in [0, 0.1) is 5.82 Å². The third-order valence-corrected chi connectivity index (χ3v) is 5.63. The van der Waals surface area contributed by atoms with Crippen LogP contribution in [-0.4, -0.2) is 25.2 Å². The maximum Gasteiger partial charge on any atom is 0.319 e. The molecule has 1 aromatic heterocycles. The quantitative estimate of drug-likeness (QED) is 0.297. The first-order valence-corrected chi connectivity index (χ1v) is 11.1. The first kappa shape index (κ1) is 24.1. The van der Waals surface area contributed by atoms with Gasteiger partial charge in [-0.1, -0.05) is 23.7 Å². The molecule has 0 aliphatic heterocycles. The molecule has 180 valence electrons. The number of rotatable bonds is 7. The number of carbonyl (C=O) groups excluding carboxylic acids is 1. The van der Waals surface area contributed by atoms with Crippen molar-refractivity contribution in [1.29, 1.82) is 0 Å². The number of methoxy groups -OCH3 is 2. The number of benzene rings is 3. The highest BCUT2D eigenvalue weighted by Gasteiger charge is 2.14. The number of urea groups is 1. The van der Waals surface area contributed by atoms with Crippen molar-refractivity contribution in [3.63, 3.8) is 0 Å². The fraction of sp³-hybridized carbons (Fsp3) is 0.154. The van der Waals surface area contributed by atoms with Crippen molar-refractivity contribution >= 4 is 34.2 Å². The Balaban J connectivity index is 1.48. The van der Waals surface area contributed by atoms with E-state index in [1.807, 2.05) is 0 Å². The molecule has 0 spiro atoms. The van der Waals surface area contributed by atoms with Gasteiger partial charge in [0.25, 0.3) is 0 Å². The molecule has 0 radical (unpaired) electrons. The molecule has 1 heterocycles. The molecule has 2 N–H and O–H groups in total. The molecule has 3 aromatic carbocycles. The molecular formula is C26H23ClFN3O4. The van der Waals surface area contributed by atoms with Gasteiger partial charge in [0.2, 0.25) is 0 Å². The lowest BCUT2D eigenvalue weighted by atomic mass is 10.1. The van der Waals surface area contributed by atoms with E-state index in [0.29, 0.717) is 39.2 Å². The molecule has 0 saturated carbocycles. The number of hydrogen-bond acceptors (Lipinski definition) is 5. The molecule has 35 heavy (non-hydrogen) atoms. The first-order valence-electron chi connectivity index (χ1n) is 10.7. The number of anilines is 1. The minimum absolute atomic E-state index is 0.305. The molecule has 1 unspecified atom stereocenters. The Hall–Kier alpha value is -4.04. The molecule has 4 rings (SSSR count). The highest BCUT2D eigenvalue weighted by atomic mass is 35.5. The molecule has 0 fully saturated rings. The van der Waals surface area contributed by atoms with Crippen LogP contribution in [0.1, 0.15) is 18.5 Å². The topological polar surface area (TPSA) is 81.7 Å². The van der Waals surface area contributed by atoms with Gasteiger partial charge in [0.1, 0.15) is 17.3 Å². The van der Waals surface area contributed by atoms with Crippen LogP contribution in [0.15, 0.2) is 66.9 Å². The third-order valence-electron chi connectivity index (χ3n) is 5.33. The summed E-state index contributed by atoms with van der Waals surface area (Å²) in [6.45, 7) is 1.81. The zero-order valence-electron chi connectivity index (χ0n) is 19.3. The molecule has 4 aromatic rings. The standard InChI is InChI=1S/C26H23ClFN3O4/c1-15(16-4-6-17(28)7-5-16)30-26(32)31-18-8-9-23(20(27)12-18)35-22-10-11-29-21-14-25(34-3)24(33-2)13-19(21)22/h4-15H,1-3H3,(H2,30,31,32). The van der Waals surface area contributed by atoms with E-state index in [4.69, 9.17) is 25.8 Å². The molecule has 1 atom stereocenters. The number of nitrogens with zero attached hydrogens (tertiary/aromatic N) is 1. The summed E-state index contributed by atoms with van der Waals surface area (Å²) in [5.41, 5.74) is 1.93. The third kappa shape index (κ3) is 5.55. The number of halogens is 2. The number of hydrogen-bond donors (Lipinski definition) is 2. The second-order valence-corrected chi connectivity index (χ2v) is 8.06. The highest BCUT2D eigenvalue weighted by Crippen LogP contribution is 2.38. The van der Waals surface area contributed by atoms with Gasteiger partial charge in [0.05, 0.1) is 30.8 Å². The van der Waals surface area contributed by atoms with Crippen molar-refractivity contribution in [2.45, 2.75) is 13.0 Å². The zero-order chi connectivity index (χ0) is 24.9. The number of aromatic nitrogens is 1. The van der Waals surface area contributed by atoms with E-state index in [-0.39, 0.29) is 11.9 Å². The summed E-state index contributed by atoms with van der Waals surface area (Å²) in [5, 5.41) is 6.57. The molecule has 0 saturated heterocycles. The lowest BCUT2D eigenvalue weighted by molar-refractivity contribution is 0.249. The van der Waals surface area contributed by atoms with E-state index < -0.39 is 6.03 Å². The average molecular weight is 496 g/mol. The second kappa shape index (κ2) is 10.5. The van der Waals surface area contributed by atoms with Gasteiger partial charge in [-0.3, -0.25) is 4.98 Å². The molecule has 0 aliphatic rings. The van der Waals surface area contributed by atoms with Gasteiger partial charge in [-0.2, -0.15) is 0 Å². The summed E-state index contributed by atoms with van der Waals surface area (Å²) in [4.78, 5) is 16.8. The Labute approximate surface area is 206 Å². The summed E-state index contributed by atoms with van der Waals surface area (Å²) in [7, 11) is 3.11. The molecule has 2 amide bonds. The van der Waals surface area contributed by atoms with Gasteiger partial charge in [-0.05, 0) is 55.0 Å². The fourth-order valence-corrected chi connectivity index (χ4v) is 3.73. The molecular weight excluding hydrogens is 473 g/mol. The summed E-state index contributed by atoms with van der Waals surface area (Å²) in [6.07, 6.45) is 1.63. The van der Waals surface area contributed by atoms with Gasteiger partial charge >= 0.3 is 6.03 Å². The second-order valence-electron chi connectivity index (χ2n) is 7.65. The maximum atomic E-state index is 13.1.